The number of piperazine rings is 1. The van der Waals surface area contributed by atoms with Gasteiger partial charge < -0.3 is 10.2 Å². The van der Waals surface area contributed by atoms with Crippen molar-refractivity contribution in [2.75, 3.05) is 6.54 Å². The zero-order valence-corrected chi connectivity index (χ0v) is 11.7. The van der Waals surface area contributed by atoms with E-state index < -0.39 is 5.54 Å². The number of nitrogens with zero attached hydrogens (tertiary/aromatic N) is 1. The molecular formula is C14H24N2O2. The number of rotatable bonds is 5. The normalized spacial score (nSPS) is 27.3. The number of amides is 2. The van der Waals surface area contributed by atoms with Gasteiger partial charge in [0, 0.05) is 6.54 Å². The van der Waals surface area contributed by atoms with Crippen LogP contribution >= 0.6 is 0 Å². The van der Waals surface area contributed by atoms with Crippen molar-refractivity contribution >= 4 is 11.8 Å². The van der Waals surface area contributed by atoms with E-state index in [0.717, 1.165) is 31.7 Å². The molecule has 0 radical (unpaired) electrons. The SMILES string of the molecule is CCCC1C(=O)NC(C)(C)C(=O)N1CCC1CC1. The summed E-state index contributed by atoms with van der Waals surface area (Å²) in [5.74, 6) is 0.867. The van der Waals surface area contributed by atoms with Crippen molar-refractivity contribution in [3.63, 3.8) is 0 Å². The molecule has 18 heavy (non-hydrogen) atoms. The molecule has 2 aliphatic rings. The Balaban J connectivity index is 2.09. The van der Waals surface area contributed by atoms with Gasteiger partial charge in [-0.25, -0.2) is 0 Å². The highest BCUT2D eigenvalue weighted by Gasteiger charge is 2.44. The van der Waals surface area contributed by atoms with E-state index in [0.29, 0.717) is 0 Å². The van der Waals surface area contributed by atoms with Crippen LogP contribution in [-0.2, 0) is 9.59 Å². The summed E-state index contributed by atoms with van der Waals surface area (Å²) in [6.45, 7) is 6.38. The Morgan fingerprint density at radius 3 is 2.50 bits per heavy atom. The minimum Gasteiger partial charge on any atom is -0.340 e. The van der Waals surface area contributed by atoms with Gasteiger partial charge in [-0.1, -0.05) is 26.2 Å². The largest absolute Gasteiger partial charge is 0.340 e. The smallest absolute Gasteiger partial charge is 0.248 e. The maximum absolute atomic E-state index is 12.4. The summed E-state index contributed by atoms with van der Waals surface area (Å²) in [5.41, 5.74) is -0.745. The monoisotopic (exact) mass is 252 g/mol. The summed E-state index contributed by atoms with van der Waals surface area (Å²) in [5, 5.41) is 2.84. The first-order valence-electron chi connectivity index (χ1n) is 7.09. The van der Waals surface area contributed by atoms with Gasteiger partial charge in [0.2, 0.25) is 11.8 Å². The van der Waals surface area contributed by atoms with Gasteiger partial charge in [-0.3, -0.25) is 9.59 Å². The standard InChI is InChI=1S/C14H24N2O2/c1-4-5-11-12(17)15-14(2,3)13(18)16(11)9-8-10-6-7-10/h10-11H,4-9H2,1-3H3,(H,15,17). The highest BCUT2D eigenvalue weighted by Crippen LogP contribution is 2.33. The molecule has 1 saturated heterocycles. The highest BCUT2D eigenvalue weighted by atomic mass is 16.2. The molecule has 2 amide bonds. The van der Waals surface area contributed by atoms with E-state index in [9.17, 15) is 9.59 Å². The topological polar surface area (TPSA) is 49.4 Å². The number of carbonyl (C=O) groups excluding carboxylic acids is 2. The highest BCUT2D eigenvalue weighted by molar-refractivity contribution is 5.99. The van der Waals surface area contributed by atoms with E-state index in [2.05, 4.69) is 12.2 Å². The van der Waals surface area contributed by atoms with Crippen LogP contribution in [0.15, 0.2) is 0 Å². The summed E-state index contributed by atoms with van der Waals surface area (Å²) in [7, 11) is 0. The lowest BCUT2D eigenvalue weighted by Gasteiger charge is -2.43. The lowest BCUT2D eigenvalue weighted by molar-refractivity contribution is -0.153. The third-order valence-electron chi connectivity index (χ3n) is 3.95. The molecule has 0 aromatic heterocycles. The predicted octanol–water partition coefficient (Wildman–Crippen LogP) is 1.69. The molecular weight excluding hydrogens is 228 g/mol. The zero-order chi connectivity index (χ0) is 13.3. The lowest BCUT2D eigenvalue weighted by Crippen LogP contribution is -2.68. The van der Waals surface area contributed by atoms with Crippen molar-refractivity contribution < 1.29 is 9.59 Å². The quantitative estimate of drug-likeness (QED) is 0.809. The van der Waals surface area contributed by atoms with Crippen LogP contribution in [0.1, 0.15) is 52.9 Å². The molecule has 0 aromatic rings. The molecule has 102 valence electrons. The van der Waals surface area contributed by atoms with Crippen molar-refractivity contribution in [1.82, 2.24) is 10.2 Å². The number of carbonyl (C=O) groups is 2. The summed E-state index contributed by atoms with van der Waals surface area (Å²) in [6.07, 6.45) is 5.31. The van der Waals surface area contributed by atoms with Crippen LogP contribution in [-0.4, -0.2) is 34.8 Å². The third-order valence-corrected chi connectivity index (χ3v) is 3.95. The number of hydrogen-bond donors (Lipinski definition) is 1. The van der Waals surface area contributed by atoms with Crippen LogP contribution in [0.4, 0.5) is 0 Å². The molecule has 4 heteroatoms. The maximum Gasteiger partial charge on any atom is 0.248 e. The van der Waals surface area contributed by atoms with Gasteiger partial charge in [-0.15, -0.1) is 0 Å². The molecule has 1 aliphatic carbocycles. The average molecular weight is 252 g/mol. The third kappa shape index (κ3) is 2.68. The van der Waals surface area contributed by atoms with E-state index in [1.165, 1.54) is 12.8 Å². The molecule has 0 bridgehead atoms. The van der Waals surface area contributed by atoms with Gasteiger partial charge in [0.05, 0.1) is 0 Å². The molecule has 1 aliphatic heterocycles. The molecule has 1 atom stereocenters. The Kier molecular flexibility index (Phi) is 3.64. The first kappa shape index (κ1) is 13.4. The van der Waals surface area contributed by atoms with E-state index in [4.69, 9.17) is 0 Å². The second-order valence-electron chi connectivity index (χ2n) is 6.15. The maximum atomic E-state index is 12.4. The van der Waals surface area contributed by atoms with Gasteiger partial charge in [0.1, 0.15) is 11.6 Å². The van der Waals surface area contributed by atoms with Crippen molar-refractivity contribution in [3.8, 4) is 0 Å². The van der Waals surface area contributed by atoms with Crippen molar-refractivity contribution in [3.05, 3.63) is 0 Å². The molecule has 1 heterocycles. The van der Waals surface area contributed by atoms with Crippen LogP contribution in [0.3, 0.4) is 0 Å². The van der Waals surface area contributed by atoms with Gasteiger partial charge in [0.15, 0.2) is 0 Å². The number of nitrogens with one attached hydrogen (secondary N) is 1. The van der Waals surface area contributed by atoms with E-state index in [1.54, 1.807) is 13.8 Å². The summed E-state index contributed by atoms with van der Waals surface area (Å²) in [6, 6.07) is -0.255. The molecule has 2 rings (SSSR count). The zero-order valence-electron chi connectivity index (χ0n) is 11.7. The lowest BCUT2D eigenvalue weighted by atomic mass is 9.94. The van der Waals surface area contributed by atoms with Gasteiger partial charge in [-0.2, -0.15) is 0 Å². The average Bonchev–Trinajstić information content (AvgIpc) is 3.09. The van der Waals surface area contributed by atoms with Crippen LogP contribution in [0.2, 0.25) is 0 Å². The van der Waals surface area contributed by atoms with E-state index in [-0.39, 0.29) is 17.9 Å². The van der Waals surface area contributed by atoms with Crippen LogP contribution < -0.4 is 5.32 Å². The van der Waals surface area contributed by atoms with Crippen molar-refractivity contribution in [2.45, 2.75) is 64.5 Å². The van der Waals surface area contributed by atoms with Gasteiger partial charge in [0.25, 0.3) is 0 Å². The first-order chi connectivity index (χ1) is 8.45. The molecule has 2 fully saturated rings. The summed E-state index contributed by atoms with van der Waals surface area (Å²) >= 11 is 0. The van der Waals surface area contributed by atoms with Gasteiger partial charge >= 0.3 is 0 Å². The minimum atomic E-state index is -0.745. The fourth-order valence-corrected chi connectivity index (χ4v) is 2.63. The molecule has 1 N–H and O–H groups in total. The Labute approximate surface area is 109 Å². The second kappa shape index (κ2) is 4.90. The van der Waals surface area contributed by atoms with Crippen molar-refractivity contribution in [2.24, 2.45) is 5.92 Å². The second-order valence-corrected chi connectivity index (χ2v) is 6.15. The number of hydrogen-bond acceptors (Lipinski definition) is 2. The molecule has 1 unspecified atom stereocenters. The predicted molar refractivity (Wildman–Crippen MR) is 70.0 cm³/mol. The molecule has 4 nitrogen and oxygen atoms in total. The van der Waals surface area contributed by atoms with E-state index in [1.807, 2.05) is 4.90 Å². The first-order valence-corrected chi connectivity index (χ1v) is 7.09. The Morgan fingerprint density at radius 2 is 1.94 bits per heavy atom. The van der Waals surface area contributed by atoms with Gasteiger partial charge in [-0.05, 0) is 32.6 Å². The van der Waals surface area contributed by atoms with E-state index >= 15 is 0 Å². The summed E-state index contributed by atoms with van der Waals surface area (Å²) < 4.78 is 0. The fourth-order valence-electron chi connectivity index (χ4n) is 2.63. The Hall–Kier alpha value is -1.06. The Morgan fingerprint density at radius 1 is 1.28 bits per heavy atom. The molecule has 0 spiro atoms. The molecule has 1 saturated carbocycles. The molecule has 0 aromatic carbocycles. The van der Waals surface area contributed by atoms with Crippen molar-refractivity contribution in [1.29, 1.82) is 0 Å². The minimum absolute atomic E-state index is 0.0113. The Bertz CT molecular complexity index is 348. The van der Waals surface area contributed by atoms with Crippen LogP contribution in [0.5, 0.6) is 0 Å². The fraction of sp³-hybridized carbons (Fsp3) is 0.857. The summed E-state index contributed by atoms with van der Waals surface area (Å²) in [4.78, 5) is 26.4. The van der Waals surface area contributed by atoms with Crippen LogP contribution in [0, 0.1) is 5.92 Å². The van der Waals surface area contributed by atoms with Crippen LogP contribution in [0.25, 0.3) is 0 Å².